The summed E-state index contributed by atoms with van der Waals surface area (Å²) in [6.45, 7) is 1.04. The van der Waals surface area contributed by atoms with E-state index in [1.165, 1.54) is 0 Å². The number of nitrogens with one attached hydrogen (secondary N) is 1. The summed E-state index contributed by atoms with van der Waals surface area (Å²) < 4.78 is 0. The molecule has 1 amide bonds. The highest BCUT2D eigenvalue weighted by Gasteiger charge is 2.08. The summed E-state index contributed by atoms with van der Waals surface area (Å²) in [5.74, 6) is -0.0188. The highest BCUT2D eigenvalue weighted by Crippen LogP contribution is 2.19. The summed E-state index contributed by atoms with van der Waals surface area (Å²) in [6.07, 6.45) is 2.01. The minimum atomic E-state index is -0.0188. The van der Waals surface area contributed by atoms with E-state index in [9.17, 15) is 4.79 Å². The predicted molar refractivity (Wildman–Crippen MR) is 94.6 cm³/mol. The number of likely N-dealkylation sites (N-methyl/N-ethyl adjacent to an activating group) is 1. The number of nitrogens with zero attached hydrogens (tertiary/aromatic N) is 1. The van der Waals surface area contributed by atoms with Gasteiger partial charge in [-0.15, -0.1) is 11.8 Å². The highest BCUT2D eigenvalue weighted by molar-refractivity contribution is 7.98. The van der Waals surface area contributed by atoms with Gasteiger partial charge in [-0.2, -0.15) is 0 Å². The molecule has 0 aliphatic carbocycles. The van der Waals surface area contributed by atoms with Crippen LogP contribution in [0.5, 0.6) is 0 Å². The first-order chi connectivity index (χ1) is 10.6. The number of thioether (sulfide) groups is 1. The van der Waals surface area contributed by atoms with Crippen LogP contribution in [0, 0.1) is 0 Å². The Hall–Kier alpha value is -1.49. The summed E-state index contributed by atoms with van der Waals surface area (Å²) in [7, 11) is 1.92. The van der Waals surface area contributed by atoms with Crippen LogP contribution in [0.1, 0.15) is 5.56 Å². The first kappa shape index (κ1) is 16.9. The molecule has 0 saturated carbocycles. The van der Waals surface area contributed by atoms with Gasteiger partial charge in [0.15, 0.2) is 0 Å². The molecule has 0 aliphatic heterocycles. The molecule has 5 heteroatoms. The van der Waals surface area contributed by atoms with E-state index in [2.05, 4.69) is 5.32 Å². The van der Waals surface area contributed by atoms with Crippen LogP contribution in [-0.2, 0) is 11.3 Å². The molecule has 0 radical (unpaired) electrons. The van der Waals surface area contributed by atoms with Crippen molar-refractivity contribution in [2.75, 3.05) is 25.2 Å². The SMILES string of the molecule is CSc1cccc(NC(=O)CN(C)Cc2ccc(Cl)cc2)c1. The van der Waals surface area contributed by atoms with Gasteiger partial charge in [-0.05, 0) is 49.2 Å². The average Bonchev–Trinajstić information content (AvgIpc) is 2.49. The lowest BCUT2D eigenvalue weighted by atomic mass is 10.2. The fourth-order valence-corrected chi connectivity index (χ4v) is 2.69. The molecule has 2 aromatic carbocycles. The van der Waals surface area contributed by atoms with Crippen LogP contribution in [0.4, 0.5) is 5.69 Å². The minimum Gasteiger partial charge on any atom is -0.325 e. The van der Waals surface area contributed by atoms with Crippen LogP contribution in [0.2, 0.25) is 5.02 Å². The molecule has 0 heterocycles. The van der Waals surface area contributed by atoms with E-state index in [0.717, 1.165) is 21.2 Å². The first-order valence-corrected chi connectivity index (χ1v) is 8.54. The molecular formula is C17H19ClN2OS. The molecule has 0 atom stereocenters. The maximum absolute atomic E-state index is 12.1. The quantitative estimate of drug-likeness (QED) is 0.806. The standard InChI is InChI=1S/C17H19ClN2OS/c1-20(11-13-6-8-14(18)9-7-13)12-17(21)19-15-4-3-5-16(10-15)22-2/h3-10H,11-12H2,1-2H3,(H,19,21). The number of hydrogen-bond acceptors (Lipinski definition) is 3. The third-order valence-corrected chi connectivity index (χ3v) is 4.11. The van der Waals surface area contributed by atoms with Gasteiger partial charge >= 0.3 is 0 Å². The third kappa shape index (κ3) is 5.37. The zero-order chi connectivity index (χ0) is 15.9. The molecule has 0 fully saturated rings. The zero-order valence-corrected chi connectivity index (χ0v) is 14.2. The van der Waals surface area contributed by atoms with Crippen molar-refractivity contribution in [3.63, 3.8) is 0 Å². The van der Waals surface area contributed by atoms with Crippen molar-refractivity contribution >= 4 is 35.0 Å². The molecule has 0 saturated heterocycles. The summed E-state index contributed by atoms with van der Waals surface area (Å²) >= 11 is 7.52. The number of benzene rings is 2. The lowest BCUT2D eigenvalue weighted by Gasteiger charge is -2.16. The topological polar surface area (TPSA) is 32.3 Å². The fourth-order valence-electron chi connectivity index (χ4n) is 2.10. The van der Waals surface area contributed by atoms with E-state index < -0.39 is 0 Å². The molecule has 0 spiro atoms. The number of hydrogen-bond donors (Lipinski definition) is 1. The Morgan fingerprint density at radius 3 is 2.64 bits per heavy atom. The molecule has 0 unspecified atom stereocenters. The molecule has 1 N–H and O–H groups in total. The molecule has 3 nitrogen and oxygen atoms in total. The lowest BCUT2D eigenvalue weighted by molar-refractivity contribution is -0.117. The average molecular weight is 335 g/mol. The second kappa shape index (κ2) is 8.22. The van der Waals surface area contributed by atoms with E-state index in [4.69, 9.17) is 11.6 Å². The molecule has 0 aromatic heterocycles. The number of anilines is 1. The van der Waals surface area contributed by atoms with Crippen LogP contribution in [-0.4, -0.2) is 30.7 Å². The first-order valence-electron chi connectivity index (χ1n) is 6.93. The smallest absolute Gasteiger partial charge is 0.238 e. The second-order valence-electron chi connectivity index (χ2n) is 5.08. The minimum absolute atomic E-state index is 0.0188. The van der Waals surface area contributed by atoms with Gasteiger partial charge in [0.2, 0.25) is 5.91 Å². The largest absolute Gasteiger partial charge is 0.325 e. The summed E-state index contributed by atoms with van der Waals surface area (Å²) in [5, 5.41) is 3.65. The van der Waals surface area contributed by atoms with E-state index in [1.54, 1.807) is 11.8 Å². The predicted octanol–water partition coefficient (Wildman–Crippen LogP) is 4.13. The van der Waals surface area contributed by atoms with Gasteiger partial charge in [0.25, 0.3) is 0 Å². The van der Waals surface area contributed by atoms with Crippen LogP contribution >= 0.6 is 23.4 Å². The van der Waals surface area contributed by atoms with Crippen molar-refractivity contribution in [2.45, 2.75) is 11.4 Å². The summed E-state index contributed by atoms with van der Waals surface area (Å²) in [4.78, 5) is 15.2. The van der Waals surface area contributed by atoms with Crippen molar-refractivity contribution in [1.29, 1.82) is 0 Å². The van der Waals surface area contributed by atoms with Gasteiger partial charge in [-0.25, -0.2) is 0 Å². The normalized spacial score (nSPS) is 10.7. The number of rotatable bonds is 6. The fraction of sp³-hybridized carbons (Fsp3) is 0.235. The van der Waals surface area contributed by atoms with Gasteiger partial charge in [-0.1, -0.05) is 29.8 Å². The monoisotopic (exact) mass is 334 g/mol. The van der Waals surface area contributed by atoms with Gasteiger partial charge in [0.05, 0.1) is 6.54 Å². The second-order valence-corrected chi connectivity index (χ2v) is 6.39. The van der Waals surface area contributed by atoms with Gasteiger partial charge < -0.3 is 5.32 Å². The van der Waals surface area contributed by atoms with Crippen LogP contribution in [0.25, 0.3) is 0 Å². The maximum Gasteiger partial charge on any atom is 0.238 e. The number of halogens is 1. The Morgan fingerprint density at radius 2 is 1.95 bits per heavy atom. The lowest BCUT2D eigenvalue weighted by Crippen LogP contribution is -2.29. The van der Waals surface area contributed by atoms with Crippen molar-refractivity contribution in [1.82, 2.24) is 4.90 Å². The Labute approximate surface area is 140 Å². The Morgan fingerprint density at radius 1 is 1.23 bits per heavy atom. The summed E-state index contributed by atoms with van der Waals surface area (Å²) in [6, 6.07) is 15.5. The van der Waals surface area contributed by atoms with E-state index in [0.29, 0.717) is 13.1 Å². The molecule has 0 bridgehead atoms. The number of carbonyl (C=O) groups excluding carboxylic acids is 1. The Kier molecular flexibility index (Phi) is 6.31. The molecule has 22 heavy (non-hydrogen) atoms. The number of amides is 1. The maximum atomic E-state index is 12.1. The Bertz CT molecular complexity index is 631. The van der Waals surface area contributed by atoms with Crippen molar-refractivity contribution in [3.8, 4) is 0 Å². The third-order valence-electron chi connectivity index (χ3n) is 3.13. The van der Waals surface area contributed by atoms with Crippen LogP contribution in [0.3, 0.4) is 0 Å². The van der Waals surface area contributed by atoms with Crippen molar-refractivity contribution in [2.24, 2.45) is 0 Å². The molecule has 2 rings (SSSR count). The van der Waals surface area contributed by atoms with Gasteiger partial charge in [0.1, 0.15) is 0 Å². The van der Waals surface area contributed by atoms with E-state index >= 15 is 0 Å². The van der Waals surface area contributed by atoms with Crippen molar-refractivity contribution in [3.05, 3.63) is 59.1 Å². The molecule has 0 aliphatic rings. The zero-order valence-electron chi connectivity index (χ0n) is 12.7. The van der Waals surface area contributed by atoms with E-state index in [1.807, 2.05) is 66.7 Å². The van der Waals surface area contributed by atoms with Gasteiger partial charge in [0, 0.05) is 22.2 Å². The Balaban J connectivity index is 1.86. The molecule has 116 valence electrons. The van der Waals surface area contributed by atoms with Crippen molar-refractivity contribution < 1.29 is 4.79 Å². The van der Waals surface area contributed by atoms with E-state index in [-0.39, 0.29) is 5.91 Å². The highest BCUT2D eigenvalue weighted by atomic mass is 35.5. The number of carbonyl (C=O) groups is 1. The summed E-state index contributed by atoms with van der Waals surface area (Å²) in [5.41, 5.74) is 1.96. The molecule has 2 aromatic rings. The molecular weight excluding hydrogens is 316 g/mol. The van der Waals surface area contributed by atoms with Crippen LogP contribution in [0.15, 0.2) is 53.4 Å². The van der Waals surface area contributed by atoms with Crippen LogP contribution < -0.4 is 5.32 Å². The van der Waals surface area contributed by atoms with Gasteiger partial charge in [-0.3, -0.25) is 9.69 Å².